The molecule has 528 valence electrons. The fourth-order valence-electron chi connectivity index (χ4n) is 12.3. The number of aliphatic hydroxyl groups is 11. The molecule has 0 aliphatic carbocycles. The van der Waals surface area contributed by atoms with Crippen molar-refractivity contribution >= 4 is 5.91 Å². The highest BCUT2D eigenvalue weighted by molar-refractivity contribution is 5.76. The first kappa shape index (κ1) is 82.2. The predicted molar refractivity (Wildman–Crippen MR) is 351 cm³/mol. The van der Waals surface area contributed by atoms with Gasteiger partial charge >= 0.3 is 0 Å². The lowest BCUT2D eigenvalue weighted by molar-refractivity contribution is -0.379. The lowest BCUT2D eigenvalue weighted by atomic mass is 9.96. The molecule has 19 heteroatoms. The molecule has 3 fully saturated rings. The monoisotopic (exact) mass is 1290 g/mol. The van der Waals surface area contributed by atoms with Gasteiger partial charge in [-0.05, 0) is 44.9 Å². The first-order valence-corrected chi connectivity index (χ1v) is 36.2. The number of carbonyl (C=O) groups excluding carboxylic acids is 1. The molecular formula is C71H131NO18. The number of allylic oxidation sites excluding steroid dienone is 5. The Kier molecular flexibility index (Phi) is 48.6. The van der Waals surface area contributed by atoms with Crippen LogP contribution in [-0.2, 0) is 33.2 Å². The largest absolute Gasteiger partial charge is 0.394 e. The van der Waals surface area contributed by atoms with E-state index >= 15 is 0 Å². The summed E-state index contributed by atoms with van der Waals surface area (Å²) in [5.74, 6) is -0.286. The van der Waals surface area contributed by atoms with Crippen LogP contribution in [0.25, 0.3) is 0 Å². The van der Waals surface area contributed by atoms with Gasteiger partial charge < -0.3 is 89.9 Å². The molecule has 17 atom stereocenters. The van der Waals surface area contributed by atoms with Gasteiger partial charge in [-0.3, -0.25) is 4.79 Å². The topological polar surface area (TPSA) is 307 Å². The molecule has 1 amide bonds. The van der Waals surface area contributed by atoms with Gasteiger partial charge in [-0.25, -0.2) is 0 Å². The zero-order valence-electron chi connectivity index (χ0n) is 55.9. The van der Waals surface area contributed by atoms with Gasteiger partial charge in [0.05, 0.1) is 38.6 Å². The third kappa shape index (κ3) is 34.6. The molecule has 3 aliphatic rings. The maximum absolute atomic E-state index is 13.4. The summed E-state index contributed by atoms with van der Waals surface area (Å²) in [7, 11) is 0. The van der Waals surface area contributed by atoms with E-state index in [0.29, 0.717) is 12.8 Å². The summed E-state index contributed by atoms with van der Waals surface area (Å²) in [5, 5.41) is 120. The van der Waals surface area contributed by atoms with E-state index in [1.54, 1.807) is 6.08 Å². The van der Waals surface area contributed by atoms with Crippen molar-refractivity contribution in [3.05, 3.63) is 36.5 Å². The van der Waals surface area contributed by atoms with Crippen LogP contribution < -0.4 is 5.32 Å². The maximum Gasteiger partial charge on any atom is 0.220 e. The minimum Gasteiger partial charge on any atom is -0.394 e. The second-order valence-corrected chi connectivity index (χ2v) is 26.0. The molecule has 0 aromatic carbocycles. The van der Waals surface area contributed by atoms with Crippen molar-refractivity contribution in [3.63, 3.8) is 0 Å². The van der Waals surface area contributed by atoms with Crippen molar-refractivity contribution in [3.8, 4) is 0 Å². The van der Waals surface area contributed by atoms with Gasteiger partial charge in [-0.1, -0.05) is 262 Å². The molecule has 0 saturated carbocycles. The van der Waals surface area contributed by atoms with E-state index in [0.717, 1.165) is 44.9 Å². The zero-order chi connectivity index (χ0) is 65.4. The minimum absolute atomic E-state index is 0.236. The van der Waals surface area contributed by atoms with Crippen LogP contribution in [0.1, 0.15) is 277 Å². The third-order valence-corrected chi connectivity index (χ3v) is 18.2. The molecule has 3 rings (SSSR count). The maximum atomic E-state index is 13.4. The summed E-state index contributed by atoms with van der Waals surface area (Å²) in [6.07, 6.45) is 35.8. The van der Waals surface area contributed by atoms with Gasteiger partial charge in [-0.15, -0.1) is 0 Å². The lowest BCUT2D eigenvalue weighted by Crippen LogP contribution is -2.66. The summed E-state index contributed by atoms with van der Waals surface area (Å²) in [6.45, 7) is 1.70. The van der Waals surface area contributed by atoms with E-state index in [-0.39, 0.29) is 18.9 Å². The lowest BCUT2D eigenvalue weighted by Gasteiger charge is -2.48. The van der Waals surface area contributed by atoms with E-state index in [2.05, 4.69) is 43.5 Å². The first-order valence-electron chi connectivity index (χ1n) is 36.2. The van der Waals surface area contributed by atoms with Crippen molar-refractivity contribution < 1.29 is 89.4 Å². The van der Waals surface area contributed by atoms with Crippen LogP contribution in [-0.4, -0.2) is 193 Å². The normalized spacial score (nSPS) is 28.2. The van der Waals surface area contributed by atoms with Crippen LogP contribution in [0.15, 0.2) is 36.5 Å². The molecule has 0 radical (unpaired) electrons. The zero-order valence-corrected chi connectivity index (χ0v) is 55.9. The van der Waals surface area contributed by atoms with Crippen LogP contribution in [0.3, 0.4) is 0 Å². The quantitative estimate of drug-likeness (QED) is 0.0199. The number of unbranched alkanes of at least 4 members (excludes halogenated alkanes) is 36. The first-order chi connectivity index (χ1) is 43.8. The number of amides is 1. The van der Waals surface area contributed by atoms with Crippen LogP contribution >= 0.6 is 0 Å². The summed E-state index contributed by atoms with van der Waals surface area (Å²) < 4.78 is 34.3. The Morgan fingerprint density at radius 1 is 0.389 bits per heavy atom. The highest BCUT2D eigenvalue weighted by Gasteiger charge is 2.53. The molecule has 0 aromatic rings. The summed E-state index contributed by atoms with van der Waals surface area (Å²) in [6, 6.07) is -0.994. The van der Waals surface area contributed by atoms with Crippen LogP contribution in [0.5, 0.6) is 0 Å². The molecule has 12 N–H and O–H groups in total. The van der Waals surface area contributed by atoms with E-state index < -0.39 is 124 Å². The van der Waals surface area contributed by atoms with Gasteiger partial charge in [0.1, 0.15) is 73.2 Å². The standard InChI is InChI=1S/C71H131NO18/c1-3-5-7-9-11-13-15-17-19-20-21-22-23-24-25-26-27-28-29-30-31-32-33-34-35-37-39-41-43-45-47-49-59(77)72-54(55(76)48-46-44-42-40-38-36-18-16-14-12-10-8-6-4-2)53-85-69-65(83)62(80)67(57(51-74)87-69)90-71-66(84)63(81)68(58(52-75)88-71)89-70-64(82)61(79)60(78)56(50-73)86-70/h14,16,38,40,46,48,54-58,60-71,73-76,78-84H,3-13,15,17-37,39,41-45,47,49-53H2,1-2H3,(H,72,77)/b16-14+,40-38+,48-46+. The number of carbonyl (C=O) groups is 1. The molecular weight excluding hydrogens is 1150 g/mol. The minimum atomic E-state index is -1.98. The second-order valence-electron chi connectivity index (χ2n) is 26.0. The summed E-state index contributed by atoms with van der Waals surface area (Å²) in [4.78, 5) is 13.4. The van der Waals surface area contributed by atoms with Gasteiger partial charge in [0, 0.05) is 6.42 Å². The van der Waals surface area contributed by atoms with E-state index in [9.17, 15) is 61.0 Å². The number of rotatable bonds is 56. The van der Waals surface area contributed by atoms with Crippen LogP contribution in [0, 0.1) is 0 Å². The summed E-state index contributed by atoms with van der Waals surface area (Å²) >= 11 is 0. The Balaban J connectivity index is 1.37. The van der Waals surface area contributed by atoms with Crippen molar-refractivity contribution in [1.29, 1.82) is 0 Å². The fraction of sp³-hybridized carbons (Fsp3) is 0.901. The number of hydrogen-bond donors (Lipinski definition) is 12. The highest BCUT2D eigenvalue weighted by atomic mass is 16.8. The Morgan fingerprint density at radius 3 is 1.11 bits per heavy atom. The van der Waals surface area contributed by atoms with E-state index in [1.807, 2.05) is 6.08 Å². The molecule has 90 heavy (non-hydrogen) atoms. The average Bonchev–Trinajstić information content (AvgIpc) is 0.995. The van der Waals surface area contributed by atoms with E-state index in [1.165, 1.54) is 199 Å². The van der Waals surface area contributed by atoms with Crippen LogP contribution in [0.2, 0.25) is 0 Å². The Hall–Kier alpha value is -1.99. The van der Waals surface area contributed by atoms with Crippen LogP contribution in [0.4, 0.5) is 0 Å². The van der Waals surface area contributed by atoms with Gasteiger partial charge in [0.2, 0.25) is 5.91 Å². The number of ether oxygens (including phenoxy) is 6. The van der Waals surface area contributed by atoms with Crippen molar-refractivity contribution in [2.75, 3.05) is 26.4 Å². The van der Waals surface area contributed by atoms with Gasteiger partial charge in [-0.2, -0.15) is 0 Å². The molecule has 3 aliphatic heterocycles. The van der Waals surface area contributed by atoms with E-state index in [4.69, 9.17) is 28.4 Å². The average molecular weight is 1290 g/mol. The molecule has 0 spiro atoms. The van der Waals surface area contributed by atoms with Crippen molar-refractivity contribution in [1.82, 2.24) is 5.32 Å². The molecule has 3 saturated heterocycles. The molecule has 0 bridgehead atoms. The fourth-order valence-corrected chi connectivity index (χ4v) is 12.3. The van der Waals surface area contributed by atoms with Crippen molar-refractivity contribution in [2.24, 2.45) is 0 Å². The number of aliphatic hydroxyl groups excluding tert-OH is 11. The smallest absolute Gasteiger partial charge is 0.220 e. The predicted octanol–water partition coefficient (Wildman–Crippen LogP) is 10.00. The second kappa shape index (κ2) is 53.2. The molecule has 3 heterocycles. The Bertz CT molecular complexity index is 1780. The number of hydrogen-bond acceptors (Lipinski definition) is 18. The molecule has 19 nitrogen and oxygen atoms in total. The van der Waals surface area contributed by atoms with Gasteiger partial charge in [0.15, 0.2) is 18.9 Å². The van der Waals surface area contributed by atoms with Crippen molar-refractivity contribution in [2.45, 2.75) is 381 Å². The Labute approximate surface area is 542 Å². The SMILES string of the molecule is CCCCCC/C=C/CC/C=C/CC/C=C/C(O)C(COC1OC(CO)C(OC2OC(CO)C(OC3OC(CO)C(O)C(O)C3O)C(O)C2O)C(O)C1O)NC(=O)CCCCCCCCCCCCCCCCCCCCCCCCCCCCCCCCC. The highest BCUT2D eigenvalue weighted by Crippen LogP contribution is 2.33. The van der Waals surface area contributed by atoms with Gasteiger partial charge in [0.25, 0.3) is 0 Å². The number of nitrogens with one attached hydrogen (secondary N) is 1. The molecule has 0 aromatic heterocycles. The summed E-state index contributed by atoms with van der Waals surface area (Å²) in [5.41, 5.74) is 0. The molecule has 17 unspecified atom stereocenters. The Morgan fingerprint density at radius 2 is 0.711 bits per heavy atom. The third-order valence-electron chi connectivity index (χ3n) is 18.2.